The largest absolute Gasteiger partial charge is 0.491 e. The smallest absolute Gasteiger partial charge is 0.227 e. The van der Waals surface area contributed by atoms with Crippen LogP contribution in [-0.4, -0.2) is 60.3 Å². The Morgan fingerprint density at radius 1 is 1.16 bits per heavy atom. The lowest BCUT2D eigenvalue weighted by atomic mass is 10.1. The molecule has 0 radical (unpaired) electrons. The van der Waals surface area contributed by atoms with E-state index in [1.807, 2.05) is 11.0 Å². The lowest BCUT2D eigenvalue weighted by Gasteiger charge is -2.21. The predicted molar refractivity (Wildman–Crippen MR) is 92.3 cm³/mol. The maximum Gasteiger partial charge on any atom is 0.227 e. The summed E-state index contributed by atoms with van der Waals surface area (Å²) < 4.78 is 5.53. The molecule has 134 valence electrons. The fraction of sp³-hybridized carbons (Fsp3) is 0.500. The van der Waals surface area contributed by atoms with Crippen molar-refractivity contribution in [3.63, 3.8) is 0 Å². The minimum absolute atomic E-state index is 0.0335. The minimum Gasteiger partial charge on any atom is -0.491 e. The molecular formula is C18H23N3O4. The molecule has 3 rings (SSSR count). The highest BCUT2D eigenvalue weighted by Gasteiger charge is 2.21. The van der Waals surface area contributed by atoms with E-state index >= 15 is 0 Å². The van der Waals surface area contributed by atoms with E-state index in [0.717, 1.165) is 12.0 Å². The highest BCUT2D eigenvalue weighted by atomic mass is 16.5. The van der Waals surface area contributed by atoms with Gasteiger partial charge in [0.25, 0.3) is 0 Å². The summed E-state index contributed by atoms with van der Waals surface area (Å²) in [6, 6.07) is 5.45. The van der Waals surface area contributed by atoms with E-state index in [2.05, 4.69) is 5.32 Å². The van der Waals surface area contributed by atoms with E-state index < -0.39 is 0 Å². The van der Waals surface area contributed by atoms with Gasteiger partial charge in [-0.25, -0.2) is 0 Å². The minimum atomic E-state index is -0.0842. The van der Waals surface area contributed by atoms with Crippen LogP contribution in [-0.2, 0) is 20.8 Å². The lowest BCUT2D eigenvalue weighted by Crippen LogP contribution is -2.37. The molecule has 0 spiro atoms. The molecule has 0 aromatic heterocycles. The molecular weight excluding hydrogens is 322 g/mol. The van der Waals surface area contributed by atoms with Crippen molar-refractivity contribution in [2.24, 2.45) is 0 Å². The summed E-state index contributed by atoms with van der Waals surface area (Å²) in [6.07, 6.45) is 1.38. The third-order valence-electron chi connectivity index (χ3n) is 4.55. The molecule has 2 aliphatic rings. The maximum absolute atomic E-state index is 12.6. The SMILES string of the molecule is CC(=O)N1CCCN(C(=O)Cc2ccc3c(c2)NC(=O)CCO3)CC1. The normalized spacial score (nSPS) is 17.7. The van der Waals surface area contributed by atoms with Crippen LogP contribution in [0.3, 0.4) is 0 Å². The zero-order chi connectivity index (χ0) is 17.8. The van der Waals surface area contributed by atoms with Crippen LogP contribution in [0.2, 0.25) is 0 Å². The number of benzene rings is 1. The van der Waals surface area contributed by atoms with E-state index in [1.54, 1.807) is 24.0 Å². The van der Waals surface area contributed by atoms with E-state index in [1.165, 1.54) is 0 Å². The number of anilines is 1. The van der Waals surface area contributed by atoms with Crippen LogP contribution in [0, 0.1) is 0 Å². The number of hydrogen-bond donors (Lipinski definition) is 1. The molecule has 2 heterocycles. The Morgan fingerprint density at radius 3 is 2.72 bits per heavy atom. The first-order valence-electron chi connectivity index (χ1n) is 8.62. The van der Waals surface area contributed by atoms with Crippen LogP contribution in [0.15, 0.2) is 18.2 Å². The number of nitrogens with zero attached hydrogens (tertiary/aromatic N) is 2. The number of amides is 3. The van der Waals surface area contributed by atoms with Gasteiger partial charge in [0.1, 0.15) is 5.75 Å². The fourth-order valence-corrected chi connectivity index (χ4v) is 3.15. The van der Waals surface area contributed by atoms with Crippen LogP contribution >= 0.6 is 0 Å². The van der Waals surface area contributed by atoms with Crippen LogP contribution in [0.1, 0.15) is 25.3 Å². The summed E-state index contributed by atoms with van der Waals surface area (Å²) in [4.78, 5) is 39.3. The molecule has 0 bridgehead atoms. The molecule has 7 heteroatoms. The average Bonchev–Trinajstić information content (AvgIpc) is 2.92. The predicted octanol–water partition coefficient (Wildman–Crippen LogP) is 1.03. The van der Waals surface area contributed by atoms with Crippen LogP contribution in [0.25, 0.3) is 0 Å². The zero-order valence-corrected chi connectivity index (χ0v) is 14.4. The molecule has 0 unspecified atom stereocenters. The summed E-state index contributed by atoms with van der Waals surface area (Å²) in [6.45, 7) is 4.41. The fourth-order valence-electron chi connectivity index (χ4n) is 3.15. The molecule has 25 heavy (non-hydrogen) atoms. The van der Waals surface area contributed by atoms with Crippen molar-refractivity contribution in [2.75, 3.05) is 38.1 Å². The summed E-state index contributed by atoms with van der Waals surface area (Å²) >= 11 is 0. The van der Waals surface area contributed by atoms with Crippen molar-refractivity contribution >= 4 is 23.4 Å². The molecule has 0 saturated carbocycles. The second kappa shape index (κ2) is 7.55. The van der Waals surface area contributed by atoms with Gasteiger partial charge in [0.15, 0.2) is 0 Å². The molecule has 1 aromatic carbocycles. The number of rotatable bonds is 2. The summed E-state index contributed by atoms with van der Waals surface area (Å²) in [5, 5.41) is 2.81. The average molecular weight is 345 g/mol. The van der Waals surface area contributed by atoms with Gasteiger partial charge in [-0.1, -0.05) is 6.07 Å². The molecule has 1 N–H and O–H groups in total. The first-order valence-corrected chi connectivity index (χ1v) is 8.62. The molecule has 1 saturated heterocycles. The Labute approximate surface area is 146 Å². The monoisotopic (exact) mass is 345 g/mol. The van der Waals surface area contributed by atoms with Gasteiger partial charge in [-0.3, -0.25) is 14.4 Å². The lowest BCUT2D eigenvalue weighted by molar-refractivity contribution is -0.132. The first kappa shape index (κ1) is 17.3. The van der Waals surface area contributed by atoms with Gasteiger partial charge < -0.3 is 19.9 Å². The summed E-state index contributed by atoms with van der Waals surface area (Å²) in [7, 11) is 0. The van der Waals surface area contributed by atoms with Gasteiger partial charge in [-0.05, 0) is 24.1 Å². The van der Waals surface area contributed by atoms with Gasteiger partial charge in [0, 0.05) is 33.1 Å². The van der Waals surface area contributed by atoms with Gasteiger partial charge in [-0.15, -0.1) is 0 Å². The first-order chi connectivity index (χ1) is 12.0. The number of ether oxygens (including phenoxy) is 1. The second-order valence-corrected chi connectivity index (χ2v) is 6.39. The highest BCUT2D eigenvalue weighted by molar-refractivity contribution is 5.93. The number of carbonyl (C=O) groups excluding carboxylic acids is 3. The van der Waals surface area contributed by atoms with Gasteiger partial charge in [0.2, 0.25) is 17.7 Å². The Hall–Kier alpha value is -2.57. The van der Waals surface area contributed by atoms with Crippen molar-refractivity contribution in [3.8, 4) is 5.75 Å². The molecule has 1 aromatic rings. The standard InChI is InChI=1S/C18H23N3O4/c1-13(22)20-6-2-7-21(9-8-20)18(24)12-14-3-4-16-15(11-14)19-17(23)5-10-25-16/h3-4,11H,2,5-10,12H2,1H3,(H,19,23). The Bertz CT molecular complexity index is 689. The highest BCUT2D eigenvalue weighted by Crippen LogP contribution is 2.28. The van der Waals surface area contributed by atoms with Gasteiger partial charge >= 0.3 is 0 Å². The molecule has 7 nitrogen and oxygen atoms in total. The maximum atomic E-state index is 12.6. The number of nitrogens with one attached hydrogen (secondary N) is 1. The van der Waals surface area contributed by atoms with Crippen LogP contribution in [0.4, 0.5) is 5.69 Å². The number of carbonyl (C=O) groups is 3. The zero-order valence-electron chi connectivity index (χ0n) is 14.4. The van der Waals surface area contributed by atoms with Crippen molar-refractivity contribution < 1.29 is 19.1 Å². The third kappa shape index (κ3) is 4.29. The van der Waals surface area contributed by atoms with Crippen molar-refractivity contribution in [1.82, 2.24) is 9.80 Å². The molecule has 0 aliphatic carbocycles. The Morgan fingerprint density at radius 2 is 1.92 bits per heavy atom. The summed E-state index contributed by atoms with van der Waals surface area (Å²) in [5.74, 6) is 0.634. The summed E-state index contributed by atoms with van der Waals surface area (Å²) in [5.41, 5.74) is 1.45. The van der Waals surface area contributed by atoms with E-state index in [4.69, 9.17) is 4.74 Å². The van der Waals surface area contributed by atoms with Crippen molar-refractivity contribution in [3.05, 3.63) is 23.8 Å². The van der Waals surface area contributed by atoms with E-state index in [0.29, 0.717) is 50.6 Å². The molecule has 3 amide bonds. The van der Waals surface area contributed by atoms with Crippen LogP contribution < -0.4 is 10.1 Å². The second-order valence-electron chi connectivity index (χ2n) is 6.39. The van der Waals surface area contributed by atoms with Crippen molar-refractivity contribution in [2.45, 2.75) is 26.2 Å². The number of fused-ring (bicyclic) bond motifs is 1. The topological polar surface area (TPSA) is 79.0 Å². The third-order valence-corrected chi connectivity index (χ3v) is 4.55. The van der Waals surface area contributed by atoms with Gasteiger partial charge in [-0.2, -0.15) is 0 Å². The van der Waals surface area contributed by atoms with Crippen molar-refractivity contribution in [1.29, 1.82) is 0 Å². The van der Waals surface area contributed by atoms with E-state index in [-0.39, 0.29) is 24.1 Å². The van der Waals surface area contributed by atoms with E-state index in [9.17, 15) is 14.4 Å². The molecule has 1 fully saturated rings. The quantitative estimate of drug-likeness (QED) is 0.868. The van der Waals surface area contributed by atoms with Crippen LogP contribution in [0.5, 0.6) is 5.75 Å². The number of hydrogen-bond acceptors (Lipinski definition) is 4. The Kier molecular flexibility index (Phi) is 5.21. The molecule has 2 aliphatic heterocycles. The van der Waals surface area contributed by atoms with Gasteiger partial charge in [0.05, 0.1) is 25.1 Å². The Balaban J connectivity index is 1.65. The molecule has 0 atom stereocenters.